The third-order valence-corrected chi connectivity index (χ3v) is 3.50. The largest absolute Gasteiger partial charge is 0.388 e. The lowest BCUT2D eigenvalue weighted by atomic mass is 10.0. The second kappa shape index (κ2) is 6.50. The van der Waals surface area contributed by atoms with Crippen molar-refractivity contribution in [3.05, 3.63) is 74.8 Å². The van der Waals surface area contributed by atoms with Crippen LogP contribution in [0.1, 0.15) is 23.7 Å². The fraction of sp³-hybridized carbons (Fsp3) is 0.200. The maximum atomic E-state index is 11.0. The van der Waals surface area contributed by atoms with Gasteiger partial charge in [-0.1, -0.05) is 48.0 Å². The molecule has 0 saturated carbocycles. The maximum Gasteiger partial charge on any atom is 0.274 e. The monoisotopic (exact) mass is 291 g/mol. The number of hydrogen-bond donors (Lipinski definition) is 1. The van der Waals surface area contributed by atoms with Crippen molar-refractivity contribution in [2.75, 3.05) is 0 Å². The van der Waals surface area contributed by atoms with Gasteiger partial charge in [0.2, 0.25) is 0 Å². The summed E-state index contributed by atoms with van der Waals surface area (Å²) in [5.41, 5.74) is 1.26. The molecule has 1 N–H and O–H groups in total. The topological polar surface area (TPSA) is 63.4 Å². The van der Waals surface area contributed by atoms with Gasteiger partial charge < -0.3 is 5.11 Å². The molecule has 0 aliphatic heterocycles. The Labute approximate surface area is 121 Å². The summed E-state index contributed by atoms with van der Waals surface area (Å²) >= 11 is 6.02. The number of nitrogens with zero attached hydrogens (tertiary/aromatic N) is 1. The zero-order valence-corrected chi connectivity index (χ0v) is 11.5. The fourth-order valence-electron chi connectivity index (χ4n) is 2.09. The van der Waals surface area contributed by atoms with Crippen molar-refractivity contribution in [1.29, 1.82) is 0 Å². The highest BCUT2D eigenvalue weighted by Crippen LogP contribution is 2.29. The van der Waals surface area contributed by atoms with E-state index in [1.807, 2.05) is 30.3 Å². The molecule has 0 aliphatic rings. The highest BCUT2D eigenvalue weighted by atomic mass is 35.5. The van der Waals surface area contributed by atoms with E-state index in [1.54, 1.807) is 12.1 Å². The van der Waals surface area contributed by atoms with Crippen molar-refractivity contribution < 1.29 is 10.0 Å². The number of nitro groups is 1. The van der Waals surface area contributed by atoms with Gasteiger partial charge in [0, 0.05) is 11.6 Å². The van der Waals surface area contributed by atoms with E-state index in [1.165, 1.54) is 6.07 Å². The van der Waals surface area contributed by atoms with E-state index in [0.717, 1.165) is 5.56 Å². The minimum Gasteiger partial charge on any atom is -0.388 e. The third kappa shape index (κ3) is 3.35. The molecule has 0 aromatic heterocycles. The van der Waals surface area contributed by atoms with Crippen LogP contribution in [0.25, 0.3) is 0 Å². The molecule has 0 heterocycles. The summed E-state index contributed by atoms with van der Waals surface area (Å²) in [7, 11) is 0. The van der Waals surface area contributed by atoms with Gasteiger partial charge in [-0.15, -0.1) is 0 Å². The van der Waals surface area contributed by atoms with Gasteiger partial charge in [0.15, 0.2) is 0 Å². The molecule has 0 amide bonds. The number of halogens is 1. The lowest BCUT2D eigenvalue weighted by Crippen LogP contribution is -2.02. The quantitative estimate of drug-likeness (QED) is 0.671. The summed E-state index contributed by atoms with van der Waals surface area (Å²) in [4.78, 5) is 10.5. The smallest absolute Gasteiger partial charge is 0.274 e. The van der Waals surface area contributed by atoms with Crippen molar-refractivity contribution in [3.8, 4) is 0 Å². The molecule has 20 heavy (non-hydrogen) atoms. The van der Waals surface area contributed by atoms with Gasteiger partial charge in [-0.05, 0) is 24.5 Å². The Morgan fingerprint density at radius 2 is 1.85 bits per heavy atom. The van der Waals surface area contributed by atoms with E-state index >= 15 is 0 Å². The molecule has 0 aliphatic carbocycles. The lowest BCUT2D eigenvalue weighted by molar-refractivity contribution is -0.385. The summed E-state index contributed by atoms with van der Waals surface area (Å²) in [6.07, 6.45) is 0.0766. The molecule has 2 rings (SSSR count). The Balaban J connectivity index is 2.13. The first-order chi connectivity index (χ1) is 9.59. The highest BCUT2D eigenvalue weighted by Gasteiger charge is 2.18. The number of aliphatic hydroxyl groups is 1. The van der Waals surface area contributed by atoms with Crippen LogP contribution < -0.4 is 0 Å². The van der Waals surface area contributed by atoms with E-state index in [0.29, 0.717) is 23.4 Å². The van der Waals surface area contributed by atoms with E-state index in [9.17, 15) is 15.2 Å². The van der Waals surface area contributed by atoms with Crippen molar-refractivity contribution >= 4 is 17.3 Å². The SMILES string of the molecule is O=[N+]([O-])c1cccc(Cl)c1CCC(O)c1ccccc1. The summed E-state index contributed by atoms with van der Waals surface area (Å²) in [5.74, 6) is 0. The molecule has 0 saturated heterocycles. The van der Waals surface area contributed by atoms with Gasteiger partial charge in [0.05, 0.1) is 16.0 Å². The van der Waals surface area contributed by atoms with Crippen LogP contribution in [0.3, 0.4) is 0 Å². The van der Waals surface area contributed by atoms with E-state index in [4.69, 9.17) is 11.6 Å². The normalized spacial score (nSPS) is 12.1. The van der Waals surface area contributed by atoms with Gasteiger partial charge in [0.25, 0.3) is 5.69 Å². The number of benzene rings is 2. The number of hydrogen-bond acceptors (Lipinski definition) is 3. The van der Waals surface area contributed by atoms with Gasteiger partial charge >= 0.3 is 0 Å². The lowest BCUT2D eigenvalue weighted by Gasteiger charge is -2.11. The average Bonchev–Trinajstić information content (AvgIpc) is 2.46. The Kier molecular flexibility index (Phi) is 4.71. The highest BCUT2D eigenvalue weighted by molar-refractivity contribution is 6.31. The minimum absolute atomic E-state index is 0.00207. The Bertz CT molecular complexity index is 601. The second-order valence-electron chi connectivity index (χ2n) is 4.46. The van der Waals surface area contributed by atoms with Crippen LogP contribution >= 0.6 is 11.6 Å². The van der Waals surface area contributed by atoms with E-state index in [2.05, 4.69) is 0 Å². The van der Waals surface area contributed by atoms with E-state index in [-0.39, 0.29) is 5.69 Å². The molecule has 104 valence electrons. The first kappa shape index (κ1) is 14.5. The minimum atomic E-state index is -0.660. The van der Waals surface area contributed by atoms with Crippen LogP contribution in [-0.2, 0) is 6.42 Å². The summed E-state index contributed by atoms with van der Waals surface area (Å²) in [6, 6.07) is 13.8. The molecule has 2 aromatic rings. The molecule has 5 heteroatoms. The molecule has 1 unspecified atom stereocenters. The van der Waals surface area contributed by atoms with Gasteiger partial charge in [-0.2, -0.15) is 0 Å². The predicted molar refractivity (Wildman–Crippen MR) is 77.8 cm³/mol. The van der Waals surface area contributed by atoms with Crippen molar-refractivity contribution in [2.45, 2.75) is 18.9 Å². The Morgan fingerprint density at radius 3 is 2.50 bits per heavy atom. The van der Waals surface area contributed by atoms with Crippen molar-refractivity contribution in [3.63, 3.8) is 0 Å². The maximum absolute atomic E-state index is 11.0. The molecular weight excluding hydrogens is 278 g/mol. The fourth-order valence-corrected chi connectivity index (χ4v) is 2.35. The number of nitro benzene ring substituents is 1. The average molecular weight is 292 g/mol. The van der Waals surface area contributed by atoms with Crippen LogP contribution in [0.5, 0.6) is 0 Å². The summed E-state index contributed by atoms with van der Waals surface area (Å²) < 4.78 is 0. The molecule has 0 fully saturated rings. The number of aliphatic hydroxyl groups excluding tert-OH is 1. The van der Waals surface area contributed by atoms with Crippen molar-refractivity contribution in [2.24, 2.45) is 0 Å². The molecule has 0 spiro atoms. The molecule has 2 aromatic carbocycles. The number of rotatable bonds is 5. The summed E-state index contributed by atoms with van der Waals surface area (Å²) in [6.45, 7) is 0. The van der Waals surface area contributed by atoms with Crippen molar-refractivity contribution in [1.82, 2.24) is 0 Å². The van der Waals surface area contributed by atoms with Gasteiger partial charge in [-0.25, -0.2) is 0 Å². The van der Waals surface area contributed by atoms with Gasteiger partial charge in [-0.3, -0.25) is 10.1 Å². The first-order valence-electron chi connectivity index (χ1n) is 6.24. The Morgan fingerprint density at radius 1 is 1.15 bits per heavy atom. The zero-order chi connectivity index (χ0) is 14.5. The van der Waals surface area contributed by atoms with Crippen LogP contribution in [0.15, 0.2) is 48.5 Å². The standard InChI is InChI=1S/C15H14ClNO3/c16-13-7-4-8-14(17(19)20)12(13)9-10-15(18)11-5-2-1-3-6-11/h1-8,15,18H,9-10H2. The third-order valence-electron chi connectivity index (χ3n) is 3.14. The molecule has 0 radical (unpaired) electrons. The molecule has 4 nitrogen and oxygen atoms in total. The molecular formula is C15H14ClNO3. The van der Waals surface area contributed by atoms with Crippen LogP contribution in [0.4, 0.5) is 5.69 Å². The Hall–Kier alpha value is -1.91. The van der Waals surface area contributed by atoms with Crippen LogP contribution in [0.2, 0.25) is 5.02 Å². The predicted octanol–water partition coefficient (Wildman–Crippen LogP) is 3.91. The second-order valence-corrected chi connectivity index (χ2v) is 4.87. The molecule has 1 atom stereocenters. The zero-order valence-electron chi connectivity index (χ0n) is 10.7. The summed E-state index contributed by atoms with van der Waals surface area (Å²) in [5, 5.41) is 21.4. The molecule has 0 bridgehead atoms. The van der Waals surface area contributed by atoms with Crippen LogP contribution in [-0.4, -0.2) is 10.0 Å². The van der Waals surface area contributed by atoms with E-state index < -0.39 is 11.0 Å². The van der Waals surface area contributed by atoms with Gasteiger partial charge in [0.1, 0.15) is 0 Å². The van der Waals surface area contributed by atoms with Crippen LogP contribution in [0, 0.1) is 10.1 Å². The first-order valence-corrected chi connectivity index (χ1v) is 6.62.